The Labute approximate surface area is 83.8 Å². The first-order chi connectivity index (χ1) is 6.11. The number of alkyl halides is 1. The summed E-state index contributed by atoms with van der Waals surface area (Å²) in [6.45, 7) is 3.44. The molecule has 0 heterocycles. The molecule has 0 saturated carbocycles. The third-order valence-electron chi connectivity index (χ3n) is 1.74. The number of halogens is 1. The normalized spacial score (nSPS) is 12.2. The minimum absolute atomic E-state index is 0.0331. The van der Waals surface area contributed by atoms with Crippen molar-refractivity contribution in [2.45, 2.75) is 39.2 Å². The molecule has 0 aliphatic carbocycles. The molecule has 0 aromatic heterocycles. The summed E-state index contributed by atoms with van der Waals surface area (Å²) in [5, 5.41) is 2.59. The standard InChI is InChI=1S/C9H16ClNO2/c1-3-4-5-8(9(13)6-10)11-7(2)12/h8H,3-6H2,1-2H3,(H,11,12). The second-order valence-corrected chi connectivity index (χ2v) is 3.26. The quantitative estimate of drug-likeness (QED) is 0.668. The number of amides is 1. The number of nitrogens with one attached hydrogen (secondary N) is 1. The lowest BCUT2D eigenvalue weighted by molar-refractivity contribution is -0.125. The monoisotopic (exact) mass is 205 g/mol. The number of Topliss-reactive ketones (excluding diaryl/α,β-unsaturated/α-hetero) is 1. The summed E-state index contributed by atoms with van der Waals surface area (Å²) in [6, 6.07) is -0.394. The van der Waals surface area contributed by atoms with Crippen molar-refractivity contribution in [1.29, 1.82) is 0 Å². The number of ketones is 1. The van der Waals surface area contributed by atoms with Gasteiger partial charge in [0.1, 0.15) is 0 Å². The molecule has 0 aliphatic rings. The lowest BCUT2D eigenvalue weighted by atomic mass is 10.1. The van der Waals surface area contributed by atoms with Crippen molar-refractivity contribution in [2.75, 3.05) is 5.88 Å². The first-order valence-electron chi connectivity index (χ1n) is 4.47. The van der Waals surface area contributed by atoms with Gasteiger partial charge in [-0.15, -0.1) is 11.6 Å². The summed E-state index contributed by atoms with van der Waals surface area (Å²) in [5.74, 6) is -0.320. The number of unbranched alkanes of at least 4 members (excludes halogenated alkanes) is 1. The Morgan fingerprint density at radius 3 is 2.46 bits per heavy atom. The van der Waals surface area contributed by atoms with E-state index < -0.39 is 6.04 Å². The van der Waals surface area contributed by atoms with Gasteiger partial charge in [0.05, 0.1) is 11.9 Å². The molecule has 3 nitrogen and oxygen atoms in total. The van der Waals surface area contributed by atoms with E-state index in [1.165, 1.54) is 6.92 Å². The molecule has 1 amide bonds. The van der Waals surface area contributed by atoms with E-state index >= 15 is 0 Å². The number of hydrogen-bond donors (Lipinski definition) is 1. The van der Waals surface area contributed by atoms with Crippen LogP contribution in [0.5, 0.6) is 0 Å². The Morgan fingerprint density at radius 1 is 1.46 bits per heavy atom. The van der Waals surface area contributed by atoms with Gasteiger partial charge in [-0.05, 0) is 6.42 Å². The predicted octanol–water partition coefficient (Wildman–Crippen LogP) is 1.49. The topological polar surface area (TPSA) is 46.2 Å². The van der Waals surface area contributed by atoms with Gasteiger partial charge in [-0.25, -0.2) is 0 Å². The molecule has 76 valence electrons. The lowest BCUT2D eigenvalue weighted by Crippen LogP contribution is -2.40. The summed E-state index contributed by atoms with van der Waals surface area (Å²) in [7, 11) is 0. The first kappa shape index (κ1) is 12.4. The zero-order valence-corrected chi connectivity index (χ0v) is 8.86. The average Bonchev–Trinajstić information content (AvgIpc) is 2.10. The fourth-order valence-corrected chi connectivity index (χ4v) is 1.25. The van der Waals surface area contributed by atoms with E-state index in [9.17, 15) is 9.59 Å². The summed E-state index contributed by atoms with van der Waals surface area (Å²) >= 11 is 5.41. The van der Waals surface area contributed by atoms with Gasteiger partial charge in [0, 0.05) is 6.92 Å². The van der Waals surface area contributed by atoms with E-state index in [1.54, 1.807) is 0 Å². The molecule has 0 saturated heterocycles. The van der Waals surface area contributed by atoms with Crippen LogP contribution in [-0.2, 0) is 9.59 Å². The van der Waals surface area contributed by atoms with Crippen LogP contribution in [0.1, 0.15) is 33.1 Å². The van der Waals surface area contributed by atoms with Gasteiger partial charge in [-0.3, -0.25) is 9.59 Å². The SMILES string of the molecule is CCCCC(NC(C)=O)C(=O)CCl. The van der Waals surface area contributed by atoms with Crippen molar-refractivity contribution in [2.24, 2.45) is 0 Å². The van der Waals surface area contributed by atoms with Crippen molar-refractivity contribution in [3.8, 4) is 0 Å². The molecule has 13 heavy (non-hydrogen) atoms. The molecule has 1 unspecified atom stereocenters. The molecule has 4 heteroatoms. The van der Waals surface area contributed by atoms with Crippen LogP contribution in [0.25, 0.3) is 0 Å². The van der Waals surface area contributed by atoms with Gasteiger partial charge in [0.15, 0.2) is 5.78 Å². The zero-order valence-electron chi connectivity index (χ0n) is 8.10. The number of carbonyl (C=O) groups is 2. The first-order valence-corrected chi connectivity index (χ1v) is 5.01. The highest BCUT2D eigenvalue weighted by molar-refractivity contribution is 6.28. The summed E-state index contributed by atoms with van der Waals surface area (Å²) in [4.78, 5) is 21.9. The Balaban J connectivity index is 4.02. The molecule has 0 fully saturated rings. The van der Waals surface area contributed by atoms with Gasteiger partial charge in [-0.2, -0.15) is 0 Å². The molecule has 0 spiro atoms. The van der Waals surface area contributed by atoms with Crippen molar-refractivity contribution in [3.63, 3.8) is 0 Å². The highest BCUT2D eigenvalue weighted by Gasteiger charge is 2.16. The van der Waals surface area contributed by atoms with Crippen LogP contribution in [0.4, 0.5) is 0 Å². The van der Waals surface area contributed by atoms with Crippen LogP contribution in [0, 0.1) is 0 Å². The largest absolute Gasteiger partial charge is 0.346 e. The van der Waals surface area contributed by atoms with Gasteiger partial charge >= 0.3 is 0 Å². The van der Waals surface area contributed by atoms with E-state index in [2.05, 4.69) is 5.32 Å². The summed E-state index contributed by atoms with van der Waals surface area (Å²) in [6.07, 6.45) is 2.61. The van der Waals surface area contributed by atoms with Gasteiger partial charge in [-0.1, -0.05) is 19.8 Å². The summed E-state index contributed by atoms with van der Waals surface area (Å²) in [5.41, 5.74) is 0. The van der Waals surface area contributed by atoms with Crippen LogP contribution >= 0.6 is 11.6 Å². The Kier molecular flexibility index (Phi) is 6.59. The molecule has 0 aliphatic heterocycles. The van der Waals surface area contributed by atoms with E-state index in [4.69, 9.17) is 11.6 Å². The minimum Gasteiger partial charge on any atom is -0.346 e. The maximum Gasteiger partial charge on any atom is 0.217 e. The van der Waals surface area contributed by atoms with Crippen LogP contribution in [0.15, 0.2) is 0 Å². The smallest absolute Gasteiger partial charge is 0.217 e. The predicted molar refractivity (Wildman–Crippen MR) is 52.9 cm³/mol. The second kappa shape index (κ2) is 6.89. The van der Waals surface area contributed by atoms with E-state index in [0.29, 0.717) is 6.42 Å². The number of hydrogen-bond acceptors (Lipinski definition) is 2. The zero-order chi connectivity index (χ0) is 10.3. The molecule has 0 bridgehead atoms. The third-order valence-corrected chi connectivity index (χ3v) is 2.01. The van der Waals surface area contributed by atoms with Crippen molar-refractivity contribution < 1.29 is 9.59 Å². The van der Waals surface area contributed by atoms with Gasteiger partial charge in [0.25, 0.3) is 0 Å². The maximum absolute atomic E-state index is 11.2. The Hall–Kier alpha value is -0.570. The van der Waals surface area contributed by atoms with Gasteiger partial charge < -0.3 is 5.32 Å². The number of carbonyl (C=O) groups excluding carboxylic acids is 2. The molecule has 0 radical (unpaired) electrons. The van der Waals surface area contributed by atoms with Crippen molar-refractivity contribution >= 4 is 23.3 Å². The molecule has 1 atom stereocenters. The molecule has 1 N–H and O–H groups in total. The fourth-order valence-electron chi connectivity index (χ4n) is 1.06. The summed E-state index contributed by atoms with van der Waals surface area (Å²) < 4.78 is 0. The van der Waals surface area contributed by atoms with Crippen LogP contribution in [0.2, 0.25) is 0 Å². The van der Waals surface area contributed by atoms with Crippen molar-refractivity contribution in [1.82, 2.24) is 5.32 Å². The van der Waals surface area contributed by atoms with E-state index in [-0.39, 0.29) is 17.6 Å². The highest BCUT2D eigenvalue weighted by Crippen LogP contribution is 2.02. The van der Waals surface area contributed by atoms with E-state index in [0.717, 1.165) is 12.8 Å². The van der Waals surface area contributed by atoms with Crippen LogP contribution in [-0.4, -0.2) is 23.6 Å². The van der Waals surface area contributed by atoms with Crippen LogP contribution in [0.3, 0.4) is 0 Å². The Bertz CT molecular complexity index is 182. The van der Waals surface area contributed by atoms with Crippen LogP contribution < -0.4 is 5.32 Å². The lowest BCUT2D eigenvalue weighted by Gasteiger charge is -2.14. The molecule has 0 rings (SSSR count). The highest BCUT2D eigenvalue weighted by atomic mass is 35.5. The fraction of sp³-hybridized carbons (Fsp3) is 0.778. The molecule has 0 aromatic rings. The number of rotatable bonds is 6. The maximum atomic E-state index is 11.2. The van der Waals surface area contributed by atoms with Crippen molar-refractivity contribution in [3.05, 3.63) is 0 Å². The molecule has 0 aromatic carbocycles. The molecular weight excluding hydrogens is 190 g/mol. The minimum atomic E-state index is -0.394. The second-order valence-electron chi connectivity index (χ2n) is 3.00. The Morgan fingerprint density at radius 2 is 2.08 bits per heavy atom. The van der Waals surface area contributed by atoms with Gasteiger partial charge in [0.2, 0.25) is 5.91 Å². The van der Waals surface area contributed by atoms with E-state index in [1.807, 2.05) is 6.92 Å². The molecular formula is C9H16ClNO2. The average molecular weight is 206 g/mol. The third kappa shape index (κ3) is 5.64.